The van der Waals surface area contributed by atoms with Crippen molar-refractivity contribution in [2.75, 3.05) is 0 Å². The molecule has 0 heterocycles. The Hall–Kier alpha value is -1.56. The first-order valence-corrected chi connectivity index (χ1v) is 11.7. The molecule has 1 unspecified atom stereocenters. The van der Waals surface area contributed by atoms with E-state index in [-0.39, 0.29) is 5.41 Å². The van der Waals surface area contributed by atoms with Crippen LogP contribution in [0.15, 0.2) is 54.6 Å². The van der Waals surface area contributed by atoms with Crippen LogP contribution in [0.4, 0.5) is 0 Å². The third-order valence-corrected chi connectivity index (χ3v) is 6.27. The Morgan fingerprint density at radius 1 is 0.643 bits per heavy atom. The largest absolute Gasteiger partial charge is 0.0654 e. The molecule has 0 N–H and O–H groups in total. The Bertz CT molecular complexity index is 625. The Morgan fingerprint density at radius 3 is 1.75 bits per heavy atom. The molecule has 2 rings (SSSR count). The summed E-state index contributed by atoms with van der Waals surface area (Å²) in [6, 6.07) is 20.3. The van der Waals surface area contributed by atoms with Crippen molar-refractivity contribution in [2.45, 2.75) is 103 Å². The Morgan fingerprint density at radius 2 is 1.18 bits per heavy atom. The molecule has 0 heteroatoms. The van der Waals surface area contributed by atoms with Crippen LogP contribution in [0.3, 0.4) is 0 Å². The van der Waals surface area contributed by atoms with Crippen LogP contribution in [-0.4, -0.2) is 0 Å². The molecule has 0 fully saturated rings. The maximum atomic E-state index is 2.47. The minimum Gasteiger partial charge on any atom is -0.0654 e. The van der Waals surface area contributed by atoms with Crippen LogP contribution in [0.25, 0.3) is 0 Å². The van der Waals surface area contributed by atoms with Crippen molar-refractivity contribution in [1.29, 1.82) is 0 Å². The highest BCUT2D eigenvalue weighted by molar-refractivity contribution is 5.31. The van der Waals surface area contributed by atoms with Gasteiger partial charge in [-0.1, -0.05) is 138 Å². The molecule has 0 aliphatic carbocycles. The molecular formula is C28H42. The normalized spacial score (nSPS) is 13.4. The van der Waals surface area contributed by atoms with E-state index in [9.17, 15) is 0 Å². The van der Waals surface area contributed by atoms with Gasteiger partial charge < -0.3 is 0 Å². The second kappa shape index (κ2) is 12.8. The van der Waals surface area contributed by atoms with Gasteiger partial charge in [-0.25, -0.2) is 0 Å². The molecule has 0 saturated carbocycles. The van der Waals surface area contributed by atoms with E-state index in [0.29, 0.717) is 0 Å². The minimum absolute atomic E-state index is 0.231. The molecule has 0 spiro atoms. The molecule has 154 valence electrons. The number of hydrogen-bond donors (Lipinski definition) is 0. The van der Waals surface area contributed by atoms with E-state index in [4.69, 9.17) is 0 Å². The predicted molar refractivity (Wildman–Crippen MR) is 125 cm³/mol. The molecule has 0 saturated heterocycles. The van der Waals surface area contributed by atoms with E-state index in [1.54, 1.807) is 0 Å². The maximum absolute atomic E-state index is 2.47. The van der Waals surface area contributed by atoms with Gasteiger partial charge in [-0.05, 0) is 36.3 Å². The first-order chi connectivity index (χ1) is 13.6. The van der Waals surface area contributed by atoms with E-state index >= 15 is 0 Å². The van der Waals surface area contributed by atoms with E-state index < -0.39 is 0 Å². The molecular weight excluding hydrogens is 336 g/mol. The molecule has 28 heavy (non-hydrogen) atoms. The van der Waals surface area contributed by atoms with Gasteiger partial charge in [0.05, 0.1) is 0 Å². The third kappa shape index (κ3) is 8.21. The molecule has 0 bridgehead atoms. The summed E-state index contributed by atoms with van der Waals surface area (Å²) in [5.74, 6) is 0. The average molecular weight is 379 g/mol. The fourth-order valence-corrected chi connectivity index (χ4v) is 4.34. The van der Waals surface area contributed by atoms with E-state index in [1.165, 1.54) is 87.3 Å². The Labute approximate surface area is 174 Å². The predicted octanol–water partition coefficient (Wildman–Crippen LogP) is 8.81. The zero-order valence-corrected chi connectivity index (χ0v) is 18.7. The Balaban J connectivity index is 1.81. The summed E-state index contributed by atoms with van der Waals surface area (Å²) in [5.41, 5.74) is 4.54. The van der Waals surface area contributed by atoms with Crippen molar-refractivity contribution in [3.8, 4) is 0 Å². The SMILES string of the molecule is CCCCCCCCCCCCC(C)(Cc1ccccc1)c1ccc(C)cc1. The number of aryl methyl sites for hydroxylation is 1. The van der Waals surface area contributed by atoms with Gasteiger partial charge in [-0.15, -0.1) is 0 Å². The summed E-state index contributed by atoms with van der Waals surface area (Å²) in [7, 11) is 0. The Kier molecular flexibility index (Phi) is 10.4. The van der Waals surface area contributed by atoms with Crippen LogP contribution < -0.4 is 0 Å². The maximum Gasteiger partial charge on any atom is -0.00349 e. The molecule has 2 aromatic rings. The van der Waals surface area contributed by atoms with Crippen molar-refractivity contribution < 1.29 is 0 Å². The lowest BCUT2D eigenvalue weighted by molar-refractivity contribution is 0.403. The summed E-state index contributed by atoms with van der Waals surface area (Å²) in [5, 5.41) is 0. The van der Waals surface area contributed by atoms with Crippen LogP contribution in [-0.2, 0) is 11.8 Å². The lowest BCUT2D eigenvalue weighted by atomic mass is 9.73. The molecule has 0 aliphatic heterocycles. The van der Waals surface area contributed by atoms with Gasteiger partial charge in [-0.3, -0.25) is 0 Å². The summed E-state index contributed by atoms with van der Waals surface area (Å²) in [4.78, 5) is 0. The number of unbranched alkanes of at least 4 members (excludes halogenated alkanes) is 9. The molecule has 0 amide bonds. The highest BCUT2D eigenvalue weighted by Crippen LogP contribution is 2.34. The molecule has 0 nitrogen and oxygen atoms in total. The molecule has 0 radical (unpaired) electrons. The van der Waals surface area contributed by atoms with Gasteiger partial charge in [-0.2, -0.15) is 0 Å². The van der Waals surface area contributed by atoms with Crippen molar-refractivity contribution in [3.63, 3.8) is 0 Å². The van der Waals surface area contributed by atoms with Crippen molar-refractivity contribution in [2.24, 2.45) is 0 Å². The summed E-state index contributed by atoms with van der Waals surface area (Å²) in [6.07, 6.45) is 16.5. The standard InChI is InChI=1S/C28H42/c1-4-5-6-7-8-9-10-11-12-16-23-28(3,24-26-17-14-13-15-18-26)27-21-19-25(2)20-22-27/h13-15,17-22H,4-12,16,23-24H2,1-3H3. The monoisotopic (exact) mass is 378 g/mol. The van der Waals surface area contributed by atoms with Gasteiger partial charge in [0, 0.05) is 0 Å². The van der Waals surface area contributed by atoms with E-state index in [0.717, 1.165) is 6.42 Å². The lowest BCUT2D eigenvalue weighted by Gasteiger charge is -2.31. The first-order valence-electron chi connectivity index (χ1n) is 11.7. The van der Waals surface area contributed by atoms with Crippen LogP contribution in [0.1, 0.15) is 101 Å². The van der Waals surface area contributed by atoms with Crippen molar-refractivity contribution in [3.05, 3.63) is 71.3 Å². The van der Waals surface area contributed by atoms with Gasteiger partial charge >= 0.3 is 0 Å². The summed E-state index contributed by atoms with van der Waals surface area (Å²) < 4.78 is 0. The second-order valence-electron chi connectivity index (χ2n) is 9.02. The van der Waals surface area contributed by atoms with Crippen LogP contribution in [0.5, 0.6) is 0 Å². The van der Waals surface area contributed by atoms with Crippen LogP contribution >= 0.6 is 0 Å². The van der Waals surface area contributed by atoms with Crippen molar-refractivity contribution in [1.82, 2.24) is 0 Å². The fraction of sp³-hybridized carbons (Fsp3) is 0.571. The number of rotatable bonds is 14. The molecule has 2 aromatic carbocycles. The topological polar surface area (TPSA) is 0 Å². The smallest absolute Gasteiger partial charge is 0.00349 e. The summed E-state index contributed by atoms with van der Waals surface area (Å²) >= 11 is 0. The number of benzene rings is 2. The van der Waals surface area contributed by atoms with Crippen molar-refractivity contribution >= 4 is 0 Å². The van der Waals surface area contributed by atoms with Gasteiger partial charge in [0.15, 0.2) is 0 Å². The zero-order chi connectivity index (χ0) is 20.1. The van der Waals surface area contributed by atoms with Crippen LogP contribution in [0, 0.1) is 6.92 Å². The van der Waals surface area contributed by atoms with Gasteiger partial charge in [0.2, 0.25) is 0 Å². The first kappa shape index (κ1) is 22.7. The highest BCUT2D eigenvalue weighted by Gasteiger charge is 2.26. The zero-order valence-electron chi connectivity index (χ0n) is 18.7. The summed E-state index contributed by atoms with van der Waals surface area (Å²) in [6.45, 7) is 6.95. The quantitative estimate of drug-likeness (QED) is 0.288. The van der Waals surface area contributed by atoms with E-state index in [1.807, 2.05) is 0 Å². The highest BCUT2D eigenvalue weighted by atomic mass is 14.3. The fourth-order valence-electron chi connectivity index (χ4n) is 4.34. The number of hydrogen-bond acceptors (Lipinski definition) is 0. The lowest BCUT2D eigenvalue weighted by Crippen LogP contribution is -2.25. The van der Waals surface area contributed by atoms with Gasteiger partial charge in [0.25, 0.3) is 0 Å². The average Bonchev–Trinajstić information content (AvgIpc) is 2.70. The second-order valence-corrected chi connectivity index (χ2v) is 9.02. The third-order valence-electron chi connectivity index (χ3n) is 6.27. The molecule has 0 aliphatic rings. The van der Waals surface area contributed by atoms with Gasteiger partial charge in [0.1, 0.15) is 0 Å². The van der Waals surface area contributed by atoms with E-state index in [2.05, 4.69) is 75.4 Å². The molecule has 1 atom stereocenters. The minimum atomic E-state index is 0.231. The molecule has 0 aromatic heterocycles. The van der Waals surface area contributed by atoms with Crippen LogP contribution in [0.2, 0.25) is 0 Å².